The van der Waals surface area contributed by atoms with Gasteiger partial charge in [0.2, 0.25) is 0 Å². The van der Waals surface area contributed by atoms with Crippen LogP contribution in [0.2, 0.25) is 0 Å². The van der Waals surface area contributed by atoms with E-state index in [0.717, 1.165) is 25.9 Å². The number of piperidine rings is 1. The summed E-state index contributed by atoms with van der Waals surface area (Å²) in [7, 11) is 1.57. The normalized spacial score (nSPS) is 14.8. The van der Waals surface area contributed by atoms with Crippen molar-refractivity contribution in [2.45, 2.75) is 19.8 Å². The van der Waals surface area contributed by atoms with Gasteiger partial charge in [-0.05, 0) is 43.0 Å². The van der Waals surface area contributed by atoms with Crippen molar-refractivity contribution in [2.24, 2.45) is 5.92 Å². The van der Waals surface area contributed by atoms with Crippen molar-refractivity contribution >= 4 is 17.5 Å². The topological polar surface area (TPSA) is 71.5 Å². The number of hydrogen-bond donors (Lipinski definition) is 1. The van der Waals surface area contributed by atoms with Crippen LogP contribution in [0.3, 0.4) is 0 Å². The highest BCUT2D eigenvalue weighted by molar-refractivity contribution is 6.04. The Bertz CT molecular complexity index is 798. The molecule has 6 heteroatoms. The summed E-state index contributed by atoms with van der Waals surface area (Å²) in [5.41, 5.74) is 1.31. The van der Waals surface area contributed by atoms with Crippen molar-refractivity contribution in [2.75, 3.05) is 25.5 Å². The molecule has 1 aromatic carbocycles. The molecule has 1 aliphatic rings. The Morgan fingerprint density at radius 2 is 1.96 bits per heavy atom. The fourth-order valence-corrected chi connectivity index (χ4v) is 2.98. The van der Waals surface area contributed by atoms with Crippen LogP contribution in [-0.4, -0.2) is 41.9 Å². The third kappa shape index (κ3) is 4.20. The van der Waals surface area contributed by atoms with Crippen LogP contribution in [0, 0.1) is 5.92 Å². The standard InChI is InChI=1S/C20H23N3O3/c1-14-7-10-23(11-8-14)20(25)15-6-9-21-18(12-15)19(24)22-16-4-3-5-17(13-16)26-2/h3-6,9,12-14H,7-8,10-11H2,1-2H3,(H,22,24). The number of pyridine rings is 1. The molecule has 1 fully saturated rings. The van der Waals surface area contributed by atoms with Crippen LogP contribution < -0.4 is 10.1 Å². The number of carbonyl (C=O) groups excluding carboxylic acids is 2. The van der Waals surface area contributed by atoms with Crippen LogP contribution in [-0.2, 0) is 0 Å². The molecule has 26 heavy (non-hydrogen) atoms. The predicted molar refractivity (Wildman–Crippen MR) is 99.5 cm³/mol. The van der Waals surface area contributed by atoms with Crippen LogP contribution in [0.4, 0.5) is 5.69 Å². The molecule has 0 atom stereocenters. The molecule has 0 unspecified atom stereocenters. The van der Waals surface area contributed by atoms with E-state index in [1.807, 2.05) is 4.90 Å². The number of benzene rings is 1. The summed E-state index contributed by atoms with van der Waals surface area (Å²) in [6.45, 7) is 3.72. The zero-order valence-corrected chi connectivity index (χ0v) is 15.1. The van der Waals surface area contributed by atoms with E-state index in [4.69, 9.17) is 4.74 Å². The van der Waals surface area contributed by atoms with E-state index in [1.165, 1.54) is 6.20 Å². The summed E-state index contributed by atoms with van der Waals surface area (Å²) in [6, 6.07) is 10.3. The van der Waals surface area contributed by atoms with Gasteiger partial charge >= 0.3 is 0 Å². The first-order valence-corrected chi connectivity index (χ1v) is 8.77. The number of ether oxygens (including phenoxy) is 1. The first-order valence-electron chi connectivity index (χ1n) is 8.77. The van der Waals surface area contributed by atoms with Gasteiger partial charge in [-0.15, -0.1) is 0 Å². The van der Waals surface area contributed by atoms with E-state index in [2.05, 4.69) is 17.2 Å². The largest absolute Gasteiger partial charge is 0.497 e. The van der Waals surface area contributed by atoms with Gasteiger partial charge in [-0.2, -0.15) is 0 Å². The van der Waals surface area contributed by atoms with Gasteiger partial charge in [0.25, 0.3) is 11.8 Å². The fraction of sp³-hybridized carbons (Fsp3) is 0.350. The number of amides is 2. The number of hydrogen-bond acceptors (Lipinski definition) is 4. The zero-order valence-electron chi connectivity index (χ0n) is 15.1. The minimum Gasteiger partial charge on any atom is -0.497 e. The molecule has 136 valence electrons. The van der Waals surface area contributed by atoms with E-state index in [1.54, 1.807) is 43.5 Å². The van der Waals surface area contributed by atoms with E-state index in [9.17, 15) is 9.59 Å². The lowest BCUT2D eigenvalue weighted by molar-refractivity contribution is 0.0697. The first kappa shape index (κ1) is 17.9. The van der Waals surface area contributed by atoms with Gasteiger partial charge in [-0.3, -0.25) is 14.6 Å². The smallest absolute Gasteiger partial charge is 0.274 e. The fourth-order valence-electron chi connectivity index (χ4n) is 2.98. The van der Waals surface area contributed by atoms with Gasteiger partial charge in [0.1, 0.15) is 11.4 Å². The molecule has 2 heterocycles. The van der Waals surface area contributed by atoms with Gasteiger partial charge in [-0.1, -0.05) is 13.0 Å². The molecular weight excluding hydrogens is 330 g/mol. The number of nitrogens with zero attached hydrogens (tertiary/aromatic N) is 2. The van der Waals surface area contributed by atoms with Crippen LogP contribution >= 0.6 is 0 Å². The number of carbonyl (C=O) groups is 2. The van der Waals surface area contributed by atoms with Crippen molar-refractivity contribution in [3.8, 4) is 5.75 Å². The van der Waals surface area contributed by atoms with E-state index in [0.29, 0.717) is 22.9 Å². The molecule has 1 aromatic heterocycles. The molecule has 3 rings (SSSR count). The molecule has 0 saturated carbocycles. The maximum Gasteiger partial charge on any atom is 0.274 e. The highest BCUT2D eigenvalue weighted by atomic mass is 16.5. The summed E-state index contributed by atoms with van der Waals surface area (Å²) < 4.78 is 5.15. The minimum atomic E-state index is -0.361. The Hall–Kier alpha value is -2.89. The van der Waals surface area contributed by atoms with Gasteiger partial charge in [0, 0.05) is 36.6 Å². The lowest BCUT2D eigenvalue weighted by Crippen LogP contribution is -2.38. The van der Waals surface area contributed by atoms with Crippen LogP contribution in [0.15, 0.2) is 42.6 Å². The van der Waals surface area contributed by atoms with E-state index in [-0.39, 0.29) is 17.5 Å². The SMILES string of the molecule is COc1cccc(NC(=O)c2cc(C(=O)N3CCC(C)CC3)ccn2)c1. The van der Waals surface area contributed by atoms with Crippen LogP contribution in [0.25, 0.3) is 0 Å². The Morgan fingerprint density at radius 3 is 2.69 bits per heavy atom. The molecule has 1 N–H and O–H groups in total. The third-order valence-electron chi connectivity index (χ3n) is 4.64. The molecular formula is C20H23N3O3. The Labute approximate surface area is 153 Å². The lowest BCUT2D eigenvalue weighted by atomic mass is 9.98. The van der Waals surface area contributed by atoms with Crippen molar-refractivity contribution < 1.29 is 14.3 Å². The second-order valence-corrected chi connectivity index (χ2v) is 6.59. The molecule has 0 spiro atoms. The van der Waals surface area contributed by atoms with Gasteiger partial charge in [-0.25, -0.2) is 0 Å². The van der Waals surface area contributed by atoms with Crippen molar-refractivity contribution in [1.29, 1.82) is 0 Å². The third-order valence-corrected chi connectivity index (χ3v) is 4.64. The molecule has 1 aliphatic heterocycles. The highest BCUT2D eigenvalue weighted by Crippen LogP contribution is 2.19. The average Bonchev–Trinajstić information content (AvgIpc) is 2.68. The predicted octanol–water partition coefficient (Wildman–Crippen LogP) is 3.21. The summed E-state index contributed by atoms with van der Waals surface area (Å²) >= 11 is 0. The van der Waals surface area contributed by atoms with Gasteiger partial charge in [0.15, 0.2) is 0 Å². The molecule has 6 nitrogen and oxygen atoms in total. The van der Waals surface area contributed by atoms with E-state index >= 15 is 0 Å². The van der Waals surface area contributed by atoms with Crippen molar-refractivity contribution in [3.05, 3.63) is 53.9 Å². The first-order chi connectivity index (χ1) is 12.6. The Balaban J connectivity index is 1.71. The number of likely N-dealkylation sites (tertiary alicyclic amines) is 1. The number of rotatable bonds is 4. The summed E-state index contributed by atoms with van der Waals surface area (Å²) in [5, 5.41) is 2.78. The minimum absolute atomic E-state index is 0.0465. The number of anilines is 1. The molecule has 1 saturated heterocycles. The summed E-state index contributed by atoms with van der Waals surface area (Å²) in [6.07, 6.45) is 3.53. The maximum atomic E-state index is 12.7. The highest BCUT2D eigenvalue weighted by Gasteiger charge is 2.22. The van der Waals surface area contributed by atoms with E-state index < -0.39 is 0 Å². The monoisotopic (exact) mass is 353 g/mol. The molecule has 2 aromatic rings. The Morgan fingerprint density at radius 1 is 1.19 bits per heavy atom. The maximum absolute atomic E-state index is 12.7. The second kappa shape index (κ2) is 7.99. The quantitative estimate of drug-likeness (QED) is 0.916. The van der Waals surface area contributed by atoms with Gasteiger partial charge in [0.05, 0.1) is 7.11 Å². The number of nitrogens with one attached hydrogen (secondary N) is 1. The number of methoxy groups -OCH3 is 1. The average molecular weight is 353 g/mol. The summed E-state index contributed by atoms with van der Waals surface area (Å²) in [5.74, 6) is 0.898. The van der Waals surface area contributed by atoms with Crippen molar-refractivity contribution in [3.63, 3.8) is 0 Å². The Kier molecular flexibility index (Phi) is 5.51. The molecule has 2 amide bonds. The van der Waals surface area contributed by atoms with Crippen molar-refractivity contribution in [1.82, 2.24) is 9.88 Å². The van der Waals surface area contributed by atoms with Crippen LogP contribution in [0.5, 0.6) is 5.75 Å². The zero-order chi connectivity index (χ0) is 18.5. The molecule has 0 bridgehead atoms. The summed E-state index contributed by atoms with van der Waals surface area (Å²) in [4.78, 5) is 31.1. The second-order valence-electron chi connectivity index (χ2n) is 6.59. The van der Waals surface area contributed by atoms with Crippen LogP contribution in [0.1, 0.15) is 40.6 Å². The van der Waals surface area contributed by atoms with Gasteiger partial charge < -0.3 is 15.0 Å². The molecule has 0 aliphatic carbocycles. The molecule has 0 radical (unpaired) electrons. The lowest BCUT2D eigenvalue weighted by Gasteiger charge is -2.30. The number of aromatic nitrogens is 1.